The van der Waals surface area contributed by atoms with E-state index in [1.807, 2.05) is 12.1 Å². The molecule has 4 nitrogen and oxygen atoms in total. The van der Waals surface area contributed by atoms with Gasteiger partial charge in [0.1, 0.15) is 5.76 Å². The van der Waals surface area contributed by atoms with Crippen LogP contribution in [0.3, 0.4) is 0 Å². The molecule has 0 bridgehead atoms. The number of nitrogens with one attached hydrogen (secondary N) is 1. The van der Waals surface area contributed by atoms with Crippen molar-refractivity contribution in [1.82, 2.24) is 10.2 Å². The minimum atomic E-state index is 0.545. The number of anilines is 1. The van der Waals surface area contributed by atoms with Crippen molar-refractivity contribution in [3.8, 4) is 11.1 Å². The van der Waals surface area contributed by atoms with Crippen molar-refractivity contribution in [3.63, 3.8) is 0 Å². The second kappa shape index (κ2) is 5.25. The maximum atomic E-state index is 5.99. The van der Waals surface area contributed by atoms with E-state index in [0.717, 1.165) is 35.4 Å². The third kappa shape index (κ3) is 2.45. The Hall–Kier alpha value is -2.49. The average Bonchev–Trinajstić information content (AvgIpc) is 3.07. The minimum absolute atomic E-state index is 0.545. The summed E-state index contributed by atoms with van der Waals surface area (Å²) in [5.41, 5.74) is 10.4. The Balaban J connectivity index is 1.87. The van der Waals surface area contributed by atoms with E-state index < -0.39 is 0 Å². The molecule has 0 fully saturated rings. The fourth-order valence-electron chi connectivity index (χ4n) is 2.32. The highest BCUT2D eigenvalue weighted by Crippen LogP contribution is 2.29. The number of aryl methyl sites for hydroxylation is 3. The number of aromatic nitrogens is 2. The number of rotatable bonds is 4. The Bertz CT molecular complexity index is 681. The quantitative estimate of drug-likeness (QED) is 0.761. The zero-order valence-electron chi connectivity index (χ0n) is 11.4. The van der Waals surface area contributed by atoms with Crippen LogP contribution < -0.4 is 5.73 Å². The van der Waals surface area contributed by atoms with Gasteiger partial charge in [0.15, 0.2) is 5.82 Å². The molecule has 3 rings (SSSR count). The van der Waals surface area contributed by atoms with E-state index in [1.54, 1.807) is 6.26 Å². The summed E-state index contributed by atoms with van der Waals surface area (Å²) in [5, 5.41) is 7.17. The number of hydrogen-bond donors (Lipinski definition) is 2. The predicted molar refractivity (Wildman–Crippen MR) is 79.3 cm³/mol. The maximum absolute atomic E-state index is 5.99. The molecule has 0 aliphatic heterocycles. The predicted octanol–water partition coefficient (Wildman–Crippen LogP) is 3.35. The van der Waals surface area contributed by atoms with Crippen LogP contribution in [0.1, 0.15) is 17.0 Å². The average molecular weight is 267 g/mol. The molecule has 20 heavy (non-hydrogen) atoms. The summed E-state index contributed by atoms with van der Waals surface area (Å²) in [6, 6.07) is 12.2. The van der Waals surface area contributed by atoms with Gasteiger partial charge in [-0.1, -0.05) is 29.8 Å². The molecule has 0 amide bonds. The molecule has 0 radical (unpaired) electrons. The molecule has 3 aromatic rings. The molecule has 1 aromatic carbocycles. The Kier molecular flexibility index (Phi) is 3.29. The van der Waals surface area contributed by atoms with Crippen molar-refractivity contribution in [2.24, 2.45) is 0 Å². The van der Waals surface area contributed by atoms with E-state index in [4.69, 9.17) is 10.2 Å². The summed E-state index contributed by atoms with van der Waals surface area (Å²) >= 11 is 0. The zero-order valence-corrected chi connectivity index (χ0v) is 11.4. The Morgan fingerprint density at radius 1 is 1.15 bits per heavy atom. The number of benzene rings is 1. The normalized spacial score (nSPS) is 10.8. The van der Waals surface area contributed by atoms with Crippen LogP contribution in [-0.4, -0.2) is 10.2 Å². The van der Waals surface area contributed by atoms with E-state index in [-0.39, 0.29) is 0 Å². The van der Waals surface area contributed by atoms with E-state index in [9.17, 15) is 0 Å². The molecule has 0 aliphatic carbocycles. The number of furan rings is 1. The molecule has 0 saturated carbocycles. The van der Waals surface area contributed by atoms with E-state index in [2.05, 4.69) is 41.4 Å². The molecule has 2 aromatic heterocycles. The first kappa shape index (κ1) is 12.5. The van der Waals surface area contributed by atoms with Crippen LogP contribution in [0.5, 0.6) is 0 Å². The SMILES string of the molecule is Cc1ccc(-c2c(N)n[nH]c2CCc2ccco2)cc1. The molecule has 102 valence electrons. The van der Waals surface area contributed by atoms with Gasteiger partial charge in [-0.2, -0.15) is 5.10 Å². The number of nitrogens with zero attached hydrogens (tertiary/aromatic N) is 1. The highest BCUT2D eigenvalue weighted by Gasteiger charge is 2.13. The van der Waals surface area contributed by atoms with Crippen LogP contribution in [0, 0.1) is 6.92 Å². The van der Waals surface area contributed by atoms with Crippen LogP contribution in [0.4, 0.5) is 5.82 Å². The molecule has 0 saturated heterocycles. The second-order valence-electron chi connectivity index (χ2n) is 4.91. The number of H-pyrrole nitrogens is 1. The van der Waals surface area contributed by atoms with Crippen molar-refractivity contribution in [2.75, 3.05) is 5.73 Å². The summed E-state index contributed by atoms with van der Waals surface area (Å²) in [4.78, 5) is 0. The van der Waals surface area contributed by atoms with E-state index in [1.165, 1.54) is 5.56 Å². The lowest BCUT2D eigenvalue weighted by molar-refractivity contribution is 0.507. The summed E-state index contributed by atoms with van der Waals surface area (Å²) in [6.07, 6.45) is 3.34. The fraction of sp³-hybridized carbons (Fsp3) is 0.188. The molecular formula is C16H17N3O. The molecule has 0 unspecified atom stereocenters. The molecule has 4 heteroatoms. The molecule has 2 heterocycles. The van der Waals surface area contributed by atoms with Gasteiger partial charge in [0.05, 0.1) is 6.26 Å². The highest BCUT2D eigenvalue weighted by atomic mass is 16.3. The van der Waals surface area contributed by atoms with Crippen LogP contribution in [-0.2, 0) is 12.8 Å². The monoisotopic (exact) mass is 267 g/mol. The lowest BCUT2D eigenvalue weighted by atomic mass is 10.0. The number of nitrogens with two attached hydrogens (primary N) is 1. The molecule has 3 N–H and O–H groups in total. The third-order valence-electron chi connectivity index (χ3n) is 3.41. The molecular weight excluding hydrogens is 250 g/mol. The maximum Gasteiger partial charge on any atom is 0.153 e. The van der Waals surface area contributed by atoms with Gasteiger partial charge in [0, 0.05) is 17.7 Å². The lowest BCUT2D eigenvalue weighted by Crippen LogP contribution is -1.94. The molecule has 0 spiro atoms. The first-order chi connectivity index (χ1) is 9.74. The van der Waals surface area contributed by atoms with E-state index in [0.29, 0.717) is 5.82 Å². The smallest absolute Gasteiger partial charge is 0.153 e. The van der Waals surface area contributed by atoms with Crippen molar-refractivity contribution in [3.05, 3.63) is 59.7 Å². The largest absolute Gasteiger partial charge is 0.469 e. The third-order valence-corrected chi connectivity index (χ3v) is 3.41. The highest BCUT2D eigenvalue weighted by molar-refractivity contribution is 5.76. The van der Waals surface area contributed by atoms with Crippen LogP contribution >= 0.6 is 0 Å². The summed E-state index contributed by atoms with van der Waals surface area (Å²) in [6.45, 7) is 2.07. The van der Waals surface area contributed by atoms with Crippen LogP contribution in [0.2, 0.25) is 0 Å². The van der Waals surface area contributed by atoms with Gasteiger partial charge in [-0.15, -0.1) is 0 Å². The summed E-state index contributed by atoms with van der Waals surface area (Å²) in [5.74, 6) is 1.51. The van der Waals surface area contributed by atoms with Gasteiger partial charge in [0.25, 0.3) is 0 Å². The number of hydrogen-bond acceptors (Lipinski definition) is 3. The van der Waals surface area contributed by atoms with Gasteiger partial charge in [0.2, 0.25) is 0 Å². The summed E-state index contributed by atoms with van der Waals surface area (Å²) in [7, 11) is 0. The Morgan fingerprint density at radius 2 is 1.95 bits per heavy atom. The van der Waals surface area contributed by atoms with Crippen molar-refractivity contribution >= 4 is 5.82 Å². The Morgan fingerprint density at radius 3 is 2.65 bits per heavy atom. The first-order valence-electron chi connectivity index (χ1n) is 6.66. The van der Waals surface area contributed by atoms with Crippen molar-refractivity contribution < 1.29 is 4.42 Å². The molecule has 0 atom stereocenters. The number of nitrogen functional groups attached to an aromatic ring is 1. The second-order valence-corrected chi connectivity index (χ2v) is 4.91. The van der Waals surface area contributed by atoms with Gasteiger partial charge in [-0.25, -0.2) is 0 Å². The minimum Gasteiger partial charge on any atom is -0.469 e. The van der Waals surface area contributed by atoms with Crippen molar-refractivity contribution in [1.29, 1.82) is 0 Å². The van der Waals surface area contributed by atoms with Gasteiger partial charge in [-0.3, -0.25) is 5.10 Å². The zero-order chi connectivity index (χ0) is 13.9. The standard InChI is InChI=1S/C16H17N3O/c1-11-4-6-12(7-5-11)15-14(18-19-16(15)17)9-8-13-3-2-10-20-13/h2-7,10H,8-9H2,1H3,(H3,17,18,19). The van der Waals surface area contributed by atoms with E-state index >= 15 is 0 Å². The lowest BCUT2D eigenvalue weighted by Gasteiger charge is -2.04. The van der Waals surface area contributed by atoms with Gasteiger partial charge < -0.3 is 10.2 Å². The summed E-state index contributed by atoms with van der Waals surface area (Å²) < 4.78 is 5.36. The topological polar surface area (TPSA) is 67.8 Å². The van der Waals surface area contributed by atoms with Crippen molar-refractivity contribution in [2.45, 2.75) is 19.8 Å². The van der Waals surface area contributed by atoms with Gasteiger partial charge in [-0.05, 0) is 31.0 Å². The fourth-order valence-corrected chi connectivity index (χ4v) is 2.32. The van der Waals surface area contributed by atoms with Gasteiger partial charge >= 0.3 is 0 Å². The van der Waals surface area contributed by atoms with Crippen LogP contribution in [0.25, 0.3) is 11.1 Å². The molecule has 0 aliphatic rings. The Labute approximate surface area is 117 Å². The number of aromatic amines is 1. The van der Waals surface area contributed by atoms with Crippen LogP contribution in [0.15, 0.2) is 47.1 Å². The first-order valence-corrected chi connectivity index (χ1v) is 6.66.